The third-order valence-corrected chi connectivity index (χ3v) is 3.54. The molecule has 1 saturated carbocycles. The second kappa shape index (κ2) is 3.70. The first-order valence-electron chi connectivity index (χ1n) is 5.42. The summed E-state index contributed by atoms with van der Waals surface area (Å²) in [6.45, 7) is 3.31. The minimum Gasteiger partial charge on any atom is -0.481 e. The lowest BCUT2D eigenvalue weighted by Crippen LogP contribution is -2.12. The van der Waals surface area contributed by atoms with Gasteiger partial charge in [0.1, 0.15) is 5.69 Å². The summed E-state index contributed by atoms with van der Waals surface area (Å²) in [7, 11) is 0. The molecule has 2 rings (SSSR count). The van der Waals surface area contributed by atoms with E-state index in [9.17, 15) is 18.0 Å². The molecule has 1 aromatic heterocycles. The Bertz CT molecular complexity index is 496. The van der Waals surface area contributed by atoms with Gasteiger partial charge in [-0.1, -0.05) is 19.9 Å². The Morgan fingerprint density at radius 3 is 2.50 bits per heavy atom. The summed E-state index contributed by atoms with van der Waals surface area (Å²) in [5, 5.41) is 9.01. The molecule has 0 radical (unpaired) electrons. The second-order valence-electron chi connectivity index (χ2n) is 5.05. The zero-order valence-corrected chi connectivity index (χ0v) is 9.82. The summed E-state index contributed by atoms with van der Waals surface area (Å²) >= 11 is 0. The average molecular weight is 259 g/mol. The number of aliphatic carboxylic acids is 1. The van der Waals surface area contributed by atoms with Gasteiger partial charge in [0.2, 0.25) is 0 Å². The van der Waals surface area contributed by atoms with E-state index in [0.717, 1.165) is 6.20 Å². The van der Waals surface area contributed by atoms with E-state index in [-0.39, 0.29) is 5.56 Å². The van der Waals surface area contributed by atoms with Crippen molar-refractivity contribution < 1.29 is 23.1 Å². The second-order valence-corrected chi connectivity index (χ2v) is 5.05. The number of halogens is 3. The molecule has 0 saturated heterocycles. The first kappa shape index (κ1) is 12.9. The number of pyridine rings is 1. The molecule has 0 aromatic carbocycles. The molecule has 1 N–H and O–H groups in total. The zero-order valence-electron chi connectivity index (χ0n) is 9.82. The Labute approximate surface area is 102 Å². The van der Waals surface area contributed by atoms with Crippen molar-refractivity contribution in [1.82, 2.24) is 4.98 Å². The van der Waals surface area contributed by atoms with Gasteiger partial charge in [0, 0.05) is 12.1 Å². The molecule has 18 heavy (non-hydrogen) atoms. The lowest BCUT2D eigenvalue weighted by Gasteiger charge is -2.11. The monoisotopic (exact) mass is 259 g/mol. The molecule has 1 heterocycles. The van der Waals surface area contributed by atoms with Gasteiger partial charge >= 0.3 is 12.1 Å². The van der Waals surface area contributed by atoms with Gasteiger partial charge < -0.3 is 5.11 Å². The molecular weight excluding hydrogens is 247 g/mol. The molecule has 0 spiro atoms. The van der Waals surface area contributed by atoms with Gasteiger partial charge in [-0.15, -0.1) is 0 Å². The number of hydrogen-bond donors (Lipinski definition) is 1. The van der Waals surface area contributed by atoms with E-state index in [1.165, 1.54) is 12.1 Å². The van der Waals surface area contributed by atoms with E-state index >= 15 is 0 Å². The Balaban J connectivity index is 2.46. The highest BCUT2D eigenvalue weighted by molar-refractivity contribution is 5.77. The molecular formula is C12H12F3NO2. The summed E-state index contributed by atoms with van der Waals surface area (Å²) in [6.07, 6.45) is -3.49. The van der Waals surface area contributed by atoms with Gasteiger partial charge in [-0.2, -0.15) is 13.2 Å². The lowest BCUT2D eigenvalue weighted by atomic mass is 10.0. The van der Waals surface area contributed by atoms with Crippen molar-refractivity contribution in [2.24, 2.45) is 11.3 Å². The standard InChI is InChI=1S/C12H12F3NO2/c1-11(2)7(8(11)10(17)18)6-4-3-5-16-9(6)12(13,14)15/h3-5,7-8H,1-2H3,(H,17,18)/t7-,8+/m1/s1. The normalized spacial score (nSPS) is 25.8. The van der Waals surface area contributed by atoms with Crippen LogP contribution in [-0.4, -0.2) is 16.1 Å². The van der Waals surface area contributed by atoms with Crippen LogP contribution in [0.5, 0.6) is 0 Å². The number of carbonyl (C=O) groups is 1. The predicted octanol–water partition coefficient (Wildman–Crippen LogP) is 2.92. The van der Waals surface area contributed by atoms with Crippen LogP contribution in [0.4, 0.5) is 13.2 Å². The van der Waals surface area contributed by atoms with Crippen molar-refractivity contribution in [3.05, 3.63) is 29.6 Å². The fourth-order valence-electron chi connectivity index (χ4n) is 2.58. The molecule has 3 nitrogen and oxygen atoms in total. The van der Waals surface area contributed by atoms with Crippen LogP contribution < -0.4 is 0 Å². The molecule has 0 bridgehead atoms. The first-order chi connectivity index (χ1) is 8.17. The minimum atomic E-state index is -4.56. The fraction of sp³-hybridized carbons (Fsp3) is 0.500. The number of alkyl halides is 3. The first-order valence-corrected chi connectivity index (χ1v) is 5.42. The van der Waals surface area contributed by atoms with Crippen molar-refractivity contribution >= 4 is 5.97 Å². The summed E-state index contributed by atoms with van der Waals surface area (Å²) < 4.78 is 38.4. The topological polar surface area (TPSA) is 50.2 Å². The Hall–Kier alpha value is -1.59. The zero-order chi connectivity index (χ0) is 13.7. The van der Waals surface area contributed by atoms with Crippen molar-refractivity contribution in [1.29, 1.82) is 0 Å². The maximum Gasteiger partial charge on any atom is 0.433 e. The van der Waals surface area contributed by atoms with E-state index in [4.69, 9.17) is 5.11 Å². The van der Waals surface area contributed by atoms with Crippen molar-refractivity contribution in [3.63, 3.8) is 0 Å². The summed E-state index contributed by atoms with van der Waals surface area (Å²) in [5.74, 6) is -2.50. The van der Waals surface area contributed by atoms with E-state index < -0.39 is 35.1 Å². The molecule has 0 aliphatic heterocycles. The Morgan fingerprint density at radius 1 is 1.44 bits per heavy atom. The molecule has 6 heteroatoms. The predicted molar refractivity (Wildman–Crippen MR) is 56.9 cm³/mol. The molecule has 0 amide bonds. The molecule has 2 atom stereocenters. The molecule has 0 unspecified atom stereocenters. The maximum absolute atomic E-state index is 12.8. The van der Waals surface area contributed by atoms with Gasteiger partial charge in [-0.05, 0) is 17.0 Å². The highest BCUT2D eigenvalue weighted by atomic mass is 19.4. The Morgan fingerprint density at radius 2 is 2.06 bits per heavy atom. The van der Waals surface area contributed by atoms with Gasteiger partial charge in [0.25, 0.3) is 0 Å². The van der Waals surface area contributed by atoms with Gasteiger partial charge in [0.15, 0.2) is 0 Å². The number of rotatable bonds is 2. The van der Waals surface area contributed by atoms with Crippen molar-refractivity contribution in [2.75, 3.05) is 0 Å². The van der Waals surface area contributed by atoms with Crippen LogP contribution >= 0.6 is 0 Å². The highest BCUT2D eigenvalue weighted by Crippen LogP contribution is 2.65. The number of carboxylic acids is 1. The van der Waals surface area contributed by atoms with E-state index in [1.54, 1.807) is 13.8 Å². The molecule has 98 valence electrons. The highest BCUT2D eigenvalue weighted by Gasteiger charge is 2.64. The van der Waals surface area contributed by atoms with Gasteiger partial charge in [-0.25, -0.2) is 0 Å². The summed E-state index contributed by atoms with van der Waals surface area (Å²) in [5.41, 5.74) is -1.68. The van der Waals surface area contributed by atoms with Crippen LogP contribution in [0.2, 0.25) is 0 Å². The number of nitrogens with zero attached hydrogens (tertiary/aromatic N) is 1. The maximum atomic E-state index is 12.8. The Kier molecular flexibility index (Phi) is 2.64. The van der Waals surface area contributed by atoms with E-state index in [0.29, 0.717) is 0 Å². The largest absolute Gasteiger partial charge is 0.481 e. The van der Waals surface area contributed by atoms with Crippen molar-refractivity contribution in [2.45, 2.75) is 25.9 Å². The van der Waals surface area contributed by atoms with Crippen LogP contribution in [0, 0.1) is 11.3 Å². The number of carboxylic acid groups (broad SMARTS) is 1. The minimum absolute atomic E-state index is 0.0256. The smallest absolute Gasteiger partial charge is 0.433 e. The third-order valence-electron chi connectivity index (χ3n) is 3.54. The molecule has 1 aliphatic rings. The third kappa shape index (κ3) is 1.85. The summed E-state index contributed by atoms with van der Waals surface area (Å²) in [6, 6.07) is 2.71. The lowest BCUT2D eigenvalue weighted by molar-refractivity contribution is -0.142. The van der Waals surface area contributed by atoms with Crippen LogP contribution in [0.3, 0.4) is 0 Å². The van der Waals surface area contributed by atoms with E-state index in [1.807, 2.05) is 0 Å². The van der Waals surface area contributed by atoms with E-state index in [2.05, 4.69) is 4.98 Å². The molecule has 1 fully saturated rings. The average Bonchev–Trinajstić information content (AvgIpc) is 2.80. The van der Waals surface area contributed by atoms with Crippen LogP contribution in [0.15, 0.2) is 18.3 Å². The molecule has 1 aliphatic carbocycles. The number of aromatic nitrogens is 1. The SMILES string of the molecule is CC1(C)[C@H](C(=O)O)[C@H]1c1cccnc1C(F)(F)F. The van der Waals surface area contributed by atoms with Gasteiger partial charge in [-0.3, -0.25) is 9.78 Å². The van der Waals surface area contributed by atoms with Gasteiger partial charge in [0.05, 0.1) is 5.92 Å². The van der Waals surface area contributed by atoms with Crippen molar-refractivity contribution in [3.8, 4) is 0 Å². The quantitative estimate of drug-likeness (QED) is 0.888. The fourth-order valence-corrected chi connectivity index (χ4v) is 2.58. The van der Waals surface area contributed by atoms with Crippen LogP contribution in [0.1, 0.15) is 31.0 Å². The van der Waals surface area contributed by atoms with Crippen LogP contribution in [0.25, 0.3) is 0 Å². The number of hydrogen-bond acceptors (Lipinski definition) is 2. The van der Waals surface area contributed by atoms with Crippen LogP contribution in [-0.2, 0) is 11.0 Å². The molecule has 1 aromatic rings. The summed E-state index contributed by atoms with van der Waals surface area (Å²) in [4.78, 5) is 14.4.